The Balaban J connectivity index is 1.08. The van der Waals surface area contributed by atoms with Gasteiger partial charge in [-0.1, -0.05) is 121 Å². The van der Waals surface area contributed by atoms with Gasteiger partial charge in [-0.3, -0.25) is 4.57 Å². The zero-order valence-corrected chi connectivity index (χ0v) is 28.1. The molecular weight excluding hydrogens is 633 g/mol. The third-order valence-corrected chi connectivity index (χ3v) is 10.6. The molecule has 0 unspecified atom stereocenters. The van der Waals surface area contributed by atoms with Crippen LogP contribution in [0, 0.1) is 0 Å². The molecule has 0 saturated heterocycles. The van der Waals surface area contributed by atoms with Crippen molar-refractivity contribution in [3.63, 3.8) is 0 Å². The van der Waals surface area contributed by atoms with Crippen molar-refractivity contribution in [2.45, 2.75) is 0 Å². The minimum absolute atomic E-state index is 0.678. The molecule has 0 aliphatic heterocycles. The summed E-state index contributed by atoms with van der Waals surface area (Å²) in [5.41, 5.74) is 11.5. The summed E-state index contributed by atoms with van der Waals surface area (Å²) < 4.78 is 4.59. The average Bonchev–Trinajstić information content (AvgIpc) is 3.74. The molecule has 0 N–H and O–H groups in total. The van der Waals surface area contributed by atoms with Crippen molar-refractivity contribution in [1.29, 1.82) is 0 Å². The lowest BCUT2D eigenvalue weighted by Gasteiger charge is -2.10. The maximum absolute atomic E-state index is 5.01. The number of rotatable bonds is 4. The van der Waals surface area contributed by atoms with Gasteiger partial charge in [0.25, 0.3) is 0 Å². The molecular formula is C48H30N4. The molecule has 0 spiro atoms. The first-order valence-electron chi connectivity index (χ1n) is 17.7. The van der Waals surface area contributed by atoms with Gasteiger partial charge in [0.05, 0.1) is 27.6 Å². The van der Waals surface area contributed by atoms with Gasteiger partial charge in [-0.2, -0.15) is 0 Å². The Morgan fingerprint density at radius 2 is 0.962 bits per heavy atom. The summed E-state index contributed by atoms with van der Waals surface area (Å²) >= 11 is 0. The standard InChI is InChI=1S/C48H30N4/c1-2-10-31(11-3-1)32-20-24-37(25-21-32)51-43-16-8-5-13-38(43)41-29-35(23-26-45(41)51)34-19-18-33-22-27-46-47(40(33)28-34)39-14-6-9-17-44(39)52(46)48-49-30-36-12-4-7-15-42(36)50-48/h1-30H. The Labute approximate surface area is 299 Å². The molecule has 4 nitrogen and oxygen atoms in total. The minimum atomic E-state index is 0.678. The van der Waals surface area contributed by atoms with Crippen LogP contribution in [-0.2, 0) is 0 Å². The van der Waals surface area contributed by atoms with Crippen LogP contribution in [0.3, 0.4) is 0 Å². The maximum Gasteiger partial charge on any atom is 0.235 e. The molecule has 3 aromatic heterocycles. The number of hydrogen-bond donors (Lipinski definition) is 0. The third-order valence-electron chi connectivity index (χ3n) is 10.6. The van der Waals surface area contributed by atoms with Crippen LogP contribution in [0.5, 0.6) is 0 Å². The molecule has 0 fully saturated rings. The van der Waals surface area contributed by atoms with Crippen LogP contribution in [0.25, 0.3) is 99.2 Å². The van der Waals surface area contributed by atoms with Crippen LogP contribution in [0.4, 0.5) is 0 Å². The van der Waals surface area contributed by atoms with Gasteiger partial charge in [0.1, 0.15) is 0 Å². The second kappa shape index (κ2) is 11.2. The second-order valence-corrected chi connectivity index (χ2v) is 13.5. The van der Waals surface area contributed by atoms with Gasteiger partial charge in [-0.05, 0) is 87.6 Å². The fourth-order valence-electron chi connectivity index (χ4n) is 8.12. The van der Waals surface area contributed by atoms with Gasteiger partial charge in [-0.15, -0.1) is 0 Å². The Morgan fingerprint density at radius 1 is 0.365 bits per heavy atom. The first kappa shape index (κ1) is 28.8. The van der Waals surface area contributed by atoms with Crippen molar-refractivity contribution >= 4 is 65.3 Å². The zero-order chi connectivity index (χ0) is 34.2. The lowest BCUT2D eigenvalue weighted by atomic mass is 9.97. The van der Waals surface area contributed by atoms with Gasteiger partial charge in [-0.25, -0.2) is 9.97 Å². The fraction of sp³-hybridized carbons (Fsp3) is 0. The molecule has 242 valence electrons. The monoisotopic (exact) mass is 662 g/mol. The van der Waals surface area contributed by atoms with Crippen LogP contribution in [0.2, 0.25) is 0 Å². The number of hydrogen-bond acceptors (Lipinski definition) is 2. The summed E-state index contributed by atoms with van der Waals surface area (Å²) in [4.78, 5) is 9.85. The Bertz CT molecular complexity index is 3170. The number of nitrogens with zero attached hydrogens (tertiary/aromatic N) is 4. The summed E-state index contributed by atoms with van der Waals surface area (Å²) in [7, 11) is 0. The van der Waals surface area contributed by atoms with Gasteiger partial charge in [0.2, 0.25) is 5.95 Å². The Kier molecular flexibility index (Phi) is 6.22. The Morgan fingerprint density at radius 3 is 1.81 bits per heavy atom. The Hall–Kier alpha value is -7.04. The van der Waals surface area contributed by atoms with E-state index in [-0.39, 0.29) is 0 Å². The highest BCUT2D eigenvalue weighted by Crippen LogP contribution is 2.40. The van der Waals surface area contributed by atoms with Gasteiger partial charge < -0.3 is 4.57 Å². The summed E-state index contributed by atoms with van der Waals surface area (Å²) in [6.45, 7) is 0. The number of aromatic nitrogens is 4. The number of para-hydroxylation sites is 3. The molecule has 0 saturated carbocycles. The largest absolute Gasteiger partial charge is 0.309 e. The molecule has 0 atom stereocenters. The maximum atomic E-state index is 5.01. The van der Waals surface area contributed by atoms with E-state index in [1.54, 1.807) is 0 Å². The van der Waals surface area contributed by atoms with Crippen LogP contribution >= 0.6 is 0 Å². The molecule has 8 aromatic carbocycles. The fourth-order valence-corrected chi connectivity index (χ4v) is 8.12. The predicted molar refractivity (Wildman–Crippen MR) is 217 cm³/mol. The third kappa shape index (κ3) is 4.34. The van der Waals surface area contributed by atoms with Crippen LogP contribution in [0.15, 0.2) is 182 Å². The van der Waals surface area contributed by atoms with E-state index in [4.69, 9.17) is 9.97 Å². The second-order valence-electron chi connectivity index (χ2n) is 13.5. The first-order chi connectivity index (χ1) is 25.8. The van der Waals surface area contributed by atoms with Crippen molar-refractivity contribution in [1.82, 2.24) is 19.1 Å². The minimum Gasteiger partial charge on any atom is -0.309 e. The summed E-state index contributed by atoms with van der Waals surface area (Å²) in [6.07, 6.45) is 1.92. The molecule has 52 heavy (non-hydrogen) atoms. The van der Waals surface area contributed by atoms with E-state index in [1.807, 2.05) is 24.4 Å². The van der Waals surface area contributed by atoms with E-state index in [0.29, 0.717) is 5.95 Å². The van der Waals surface area contributed by atoms with E-state index in [1.165, 1.54) is 65.6 Å². The van der Waals surface area contributed by atoms with E-state index in [9.17, 15) is 0 Å². The highest BCUT2D eigenvalue weighted by Gasteiger charge is 2.18. The first-order valence-corrected chi connectivity index (χ1v) is 17.7. The molecule has 0 radical (unpaired) electrons. The van der Waals surface area contributed by atoms with Crippen molar-refractivity contribution in [3.05, 3.63) is 182 Å². The summed E-state index contributed by atoms with van der Waals surface area (Å²) in [5, 5.41) is 8.33. The normalized spacial score (nSPS) is 11.8. The van der Waals surface area contributed by atoms with E-state index >= 15 is 0 Å². The highest BCUT2D eigenvalue weighted by molar-refractivity contribution is 6.22. The highest BCUT2D eigenvalue weighted by atomic mass is 15.2. The quantitative estimate of drug-likeness (QED) is 0.188. The zero-order valence-electron chi connectivity index (χ0n) is 28.1. The van der Waals surface area contributed by atoms with Crippen molar-refractivity contribution in [2.24, 2.45) is 0 Å². The van der Waals surface area contributed by atoms with Crippen molar-refractivity contribution in [2.75, 3.05) is 0 Å². The molecule has 0 aliphatic carbocycles. The summed E-state index contributed by atoms with van der Waals surface area (Å²) in [5.74, 6) is 0.678. The van der Waals surface area contributed by atoms with Crippen molar-refractivity contribution in [3.8, 4) is 33.9 Å². The van der Waals surface area contributed by atoms with Crippen LogP contribution in [0.1, 0.15) is 0 Å². The van der Waals surface area contributed by atoms with Crippen LogP contribution < -0.4 is 0 Å². The van der Waals surface area contributed by atoms with E-state index in [2.05, 4.69) is 167 Å². The molecule has 0 amide bonds. The number of benzene rings is 8. The lowest BCUT2D eigenvalue weighted by molar-refractivity contribution is 1.01. The SMILES string of the molecule is c1ccc(-c2ccc(-n3c4ccccc4c4cc(-c5ccc6ccc7c(c6c5)c5ccccc5n7-c5ncc6ccccc6n5)ccc43)cc2)cc1. The molecule has 0 aliphatic rings. The number of fused-ring (bicyclic) bond motifs is 9. The molecule has 0 bridgehead atoms. The van der Waals surface area contributed by atoms with Gasteiger partial charge in [0.15, 0.2) is 0 Å². The van der Waals surface area contributed by atoms with Gasteiger partial charge >= 0.3 is 0 Å². The van der Waals surface area contributed by atoms with Crippen molar-refractivity contribution < 1.29 is 0 Å². The van der Waals surface area contributed by atoms with E-state index in [0.717, 1.165) is 27.6 Å². The molecule has 11 aromatic rings. The smallest absolute Gasteiger partial charge is 0.235 e. The predicted octanol–water partition coefficient (Wildman–Crippen LogP) is 12.3. The van der Waals surface area contributed by atoms with E-state index < -0.39 is 0 Å². The topological polar surface area (TPSA) is 35.6 Å². The van der Waals surface area contributed by atoms with Gasteiger partial charge in [0, 0.05) is 38.8 Å². The summed E-state index contributed by atoms with van der Waals surface area (Å²) in [6, 6.07) is 63.2. The average molecular weight is 663 g/mol. The lowest BCUT2D eigenvalue weighted by Crippen LogP contribution is -2.00. The molecule has 3 heterocycles. The molecule has 11 rings (SSSR count). The molecule has 4 heteroatoms. The van der Waals surface area contributed by atoms with Crippen LogP contribution in [-0.4, -0.2) is 19.1 Å².